The molecule has 136 valence electrons. The molecule has 0 aliphatic rings. The van der Waals surface area contributed by atoms with Gasteiger partial charge in [0.2, 0.25) is 5.91 Å². The van der Waals surface area contributed by atoms with E-state index >= 15 is 0 Å². The number of aryl methyl sites for hydroxylation is 4. The summed E-state index contributed by atoms with van der Waals surface area (Å²) >= 11 is 0. The molecular formula is C19H23N5O2. The van der Waals surface area contributed by atoms with Gasteiger partial charge in [-0.15, -0.1) is 0 Å². The van der Waals surface area contributed by atoms with Crippen molar-refractivity contribution < 1.29 is 9.53 Å². The third kappa shape index (κ3) is 4.30. The highest BCUT2D eigenvalue weighted by Gasteiger charge is 2.09. The number of nitrogens with zero attached hydrogens (tertiary/aromatic N) is 4. The number of nitrogens with one attached hydrogen (secondary N) is 1. The van der Waals surface area contributed by atoms with Gasteiger partial charge < -0.3 is 10.1 Å². The molecule has 0 fully saturated rings. The van der Waals surface area contributed by atoms with Gasteiger partial charge in [0.1, 0.15) is 12.3 Å². The van der Waals surface area contributed by atoms with E-state index in [2.05, 4.69) is 21.6 Å². The number of benzene rings is 1. The third-order valence-corrected chi connectivity index (χ3v) is 4.00. The van der Waals surface area contributed by atoms with Crippen LogP contribution in [0, 0.1) is 27.7 Å². The molecule has 7 nitrogen and oxygen atoms in total. The molecule has 26 heavy (non-hydrogen) atoms. The van der Waals surface area contributed by atoms with Crippen molar-refractivity contribution >= 4 is 11.6 Å². The first-order chi connectivity index (χ1) is 12.4. The van der Waals surface area contributed by atoms with Gasteiger partial charge in [0.05, 0.1) is 23.8 Å². The molecule has 1 amide bonds. The Hall–Kier alpha value is -3.09. The van der Waals surface area contributed by atoms with Crippen LogP contribution in [-0.4, -0.2) is 25.5 Å². The number of ether oxygens (including phenoxy) is 1. The Labute approximate surface area is 152 Å². The van der Waals surface area contributed by atoms with Gasteiger partial charge >= 0.3 is 0 Å². The second kappa shape index (κ2) is 7.43. The van der Waals surface area contributed by atoms with E-state index in [1.165, 1.54) is 5.56 Å². The monoisotopic (exact) mass is 353 g/mol. The first kappa shape index (κ1) is 17.7. The Kier molecular flexibility index (Phi) is 5.06. The number of amides is 1. The van der Waals surface area contributed by atoms with Gasteiger partial charge in [-0.3, -0.25) is 9.48 Å². The number of carbonyl (C=O) groups excluding carboxylic acids is 1. The SMILES string of the molecule is Cc1ccc(OCn2cc(NC(=O)Cn3nc(C)cc3C)cn2)c(C)c1. The van der Waals surface area contributed by atoms with E-state index < -0.39 is 0 Å². The van der Waals surface area contributed by atoms with Crippen molar-refractivity contribution in [3.63, 3.8) is 0 Å². The van der Waals surface area contributed by atoms with Crippen molar-refractivity contribution in [2.75, 3.05) is 5.32 Å². The summed E-state index contributed by atoms with van der Waals surface area (Å²) in [6.45, 7) is 8.33. The molecule has 0 radical (unpaired) electrons. The Balaban J connectivity index is 1.55. The Morgan fingerprint density at radius 1 is 1.19 bits per heavy atom. The van der Waals surface area contributed by atoms with Crippen molar-refractivity contribution in [2.24, 2.45) is 0 Å². The lowest BCUT2D eigenvalue weighted by Gasteiger charge is -2.09. The van der Waals surface area contributed by atoms with E-state index in [1.54, 1.807) is 21.8 Å². The quantitative estimate of drug-likeness (QED) is 0.739. The molecule has 0 bridgehead atoms. The number of carbonyl (C=O) groups is 1. The minimum atomic E-state index is -0.147. The number of hydrogen-bond acceptors (Lipinski definition) is 4. The third-order valence-electron chi connectivity index (χ3n) is 4.00. The average Bonchev–Trinajstić information content (AvgIpc) is 3.12. The van der Waals surface area contributed by atoms with E-state index in [0.717, 1.165) is 22.7 Å². The second-order valence-corrected chi connectivity index (χ2v) is 6.44. The average molecular weight is 353 g/mol. The van der Waals surface area contributed by atoms with Crippen LogP contribution in [0.15, 0.2) is 36.7 Å². The molecule has 1 N–H and O–H groups in total. The predicted molar refractivity (Wildman–Crippen MR) is 99.1 cm³/mol. The lowest BCUT2D eigenvalue weighted by molar-refractivity contribution is -0.116. The van der Waals surface area contributed by atoms with Gasteiger partial charge in [-0.1, -0.05) is 17.7 Å². The molecule has 2 heterocycles. The minimum absolute atomic E-state index is 0.147. The summed E-state index contributed by atoms with van der Waals surface area (Å²) in [6.07, 6.45) is 3.34. The first-order valence-electron chi connectivity index (χ1n) is 8.44. The van der Waals surface area contributed by atoms with Gasteiger partial charge in [0.25, 0.3) is 0 Å². The molecule has 0 atom stereocenters. The van der Waals surface area contributed by atoms with Gasteiger partial charge in [-0.25, -0.2) is 4.68 Å². The van der Waals surface area contributed by atoms with Crippen LogP contribution in [0.2, 0.25) is 0 Å². The molecule has 0 saturated heterocycles. The van der Waals surface area contributed by atoms with Gasteiger partial charge in [0, 0.05) is 5.69 Å². The summed E-state index contributed by atoms with van der Waals surface area (Å²) in [5.41, 5.74) is 4.75. The normalized spacial score (nSPS) is 10.8. The molecule has 7 heteroatoms. The molecule has 0 aliphatic carbocycles. The highest BCUT2D eigenvalue weighted by Crippen LogP contribution is 2.19. The lowest BCUT2D eigenvalue weighted by atomic mass is 10.1. The molecular weight excluding hydrogens is 330 g/mol. The highest BCUT2D eigenvalue weighted by atomic mass is 16.5. The largest absolute Gasteiger partial charge is 0.471 e. The summed E-state index contributed by atoms with van der Waals surface area (Å²) in [5.74, 6) is 0.673. The number of anilines is 1. The molecule has 3 aromatic rings. The maximum absolute atomic E-state index is 12.2. The van der Waals surface area contributed by atoms with Crippen molar-refractivity contribution in [2.45, 2.75) is 41.0 Å². The van der Waals surface area contributed by atoms with Crippen molar-refractivity contribution in [1.29, 1.82) is 0 Å². The fraction of sp³-hybridized carbons (Fsp3) is 0.316. The smallest absolute Gasteiger partial charge is 0.246 e. The van der Waals surface area contributed by atoms with E-state index in [4.69, 9.17) is 4.74 Å². The van der Waals surface area contributed by atoms with Crippen molar-refractivity contribution in [3.8, 4) is 5.75 Å². The number of hydrogen-bond donors (Lipinski definition) is 1. The van der Waals surface area contributed by atoms with E-state index in [9.17, 15) is 4.79 Å². The van der Waals surface area contributed by atoms with Gasteiger partial charge in [-0.2, -0.15) is 10.2 Å². The summed E-state index contributed by atoms with van der Waals surface area (Å²) in [7, 11) is 0. The van der Waals surface area contributed by atoms with E-state index in [1.807, 2.05) is 45.9 Å². The summed E-state index contributed by atoms with van der Waals surface area (Å²) in [6, 6.07) is 7.97. The first-order valence-corrected chi connectivity index (χ1v) is 8.44. The van der Waals surface area contributed by atoms with Gasteiger partial charge in [0.15, 0.2) is 6.73 Å². The predicted octanol–water partition coefficient (Wildman–Crippen LogP) is 2.99. The molecule has 2 aromatic heterocycles. The van der Waals surface area contributed by atoms with Crippen LogP contribution in [-0.2, 0) is 18.1 Å². The van der Waals surface area contributed by atoms with Crippen LogP contribution in [0.5, 0.6) is 5.75 Å². The van der Waals surface area contributed by atoms with Crippen LogP contribution in [0.1, 0.15) is 22.5 Å². The lowest BCUT2D eigenvalue weighted by Crippen LogP contribution is -2.20. The van der Waals surface area contributed by atoms with Crippen LogP contribution in [0.4, 0.5) is 5.69 Å². The zero-order valence-corrected chi connectivity index (χ0v) is 15.5. The Morgan fingerprint density at radius 3 is 2.69 bits per heavy atom. The zero-order valence-electron chi connectivity index (χ0n) is 15.5. The van der Waals surface area contributed by atoms with Crippen LogP contribution >= 0.6 is 0 Å². The Morgan fingerprint density at radius 2 is 2.00 bits per heavy atom. The topological polar surface area (TPSA) is 74.0 Å². The van der Waals surface area contributed by atoms with Crippen molar-refractivity contribution in [3.05, 3.63) is 59.2 Å². The second-order valence-electron chi connectivity index (χ2n) is 6.44. The Bertz CT molecular complexity index is 926. The standard InChI is InChI=1S/C19H23N5O2/c1-13-5-6-18(14(2)7-13)26-12-23-10-17(9-20-23)21-19(25)11-24-16(4)8-15(3)22-24/h5-10H,11-12H2,1-4H3,(H,21,25). The van der Waals surface area contributed by atoms with Crippen molar-refractivity contribution in [1.82, 2.24) is 19.6 Å². The summed E-state index contributed by atoms with van der Waals surface area (Å²) in [4.78, 5) is 12.2. The van der Waals surface area contributed by atoms with Crippen LogP contribution < -0.4 is 10.1 Å². The number of rotatable bonds is 6. The van der Waals surface area contributed by atoms with E-state index in [-0.39, 0.29) is 19.2 Å². The number of aromatic nitrogens is 4. The molecule has 0 aliphatic heterocycles. The summed E-state index contributed by atoms with van der Waals surface area (Å²) < 4.78 is 9.10. The molecule has 0 saturated carbocycles. The van der Waals surface area contributed by atoms with E-state index in [0.29, 0.717) is 5.69 Å². The van der Waals surface area contributed by atoms with Crippen LogP contribution in [0.3, 0.4) is 0 Å². The molecule has 0 spiro atoms. The summed E-state index contributed by atoms with van der Waals surface area (Å²) in [5, 5.41) is 11.3. The fourth-order valence-electron chi connectivity index (χ4n) is 2.77. The maximum atomic E-state index is 12.2. The zero-order chi connectivity index (χ0) is 18.7. The minimum Gasteiger partial charge on any atom is -0.471 e. The molecule has 1 aromatic carbocycles. The molecule has 0 unspecified atom stereocenters. The highest BCUT2D eigenvalue weighted by molar-refractivity contribution is 5.90. The van der Waals surface area contributed by atoms with Crippen LogP contribution in [0.25, 0.3) is 0 Å². The fourth-order valence-corrected chi connectivity index (χ4v) is 2.77. The molecule has 3 rings (SSSR count). The maximum Gasteiger partial charge on any atom is 0.246 e. The van der Waals surface area contributed by atoms with Gasteiger partial charge in [-0.05, 0) is 45.4 Å².